The van der Waals surface area contributed by atoms with Crippen LogP contribution in [0.2, 0.25) is 0 Å². The summed E-state index contributed by atoms with van der Waals surface area (Å²) in [7, 11) is 0. The van der Waals surface area contributed by atoms with Gasteiger partial charge in [0, 0.05) is 37.5 Å². The minimum absolute atomic E-state index is 0.0949. The molecule has 55 heavy (non-hydrogen) atoms. The molecule has 4 N–H and O–H groups in total. The number of allylic oxidation sites excluding steroid dienone is 8. The van der Waals surface area contributed by atoms with E-state index in [-0.39, 0.29) is 32.1 Å². The molecule has 4 aromatic carbocycles. The third-order valence-electron chi connectivity index (χ3n) is 12.1. The summed E-state index contributed by atoms with van der Waals surface area (Å²) in [5.41, 5.74) is 1.60. The smallest absolute Gasteiger partial charge is 0.0930 e. The molecule has 4 unspecified atom stereocenters. The highest BCUT2D eigenvalue weighted by Crippen LogP contribution is 2.53. The average molecular weight is 725 g/mol. The van der Waals surface area contributed by atoms with Gasteiger partial charge in [0.2, 0.25) is 0 Å². The van der Waals surface area contributed by atoms with Crippen molar-refractivity contribution in [3.8, 4) is 0 Å². The van der Waals surface area contributed by atoms with Crippen molar-refractivity contribution in [2.45, 2.75) is 54.5 Å². The van der Waals surface area contributed by atoms with Crippen LogP contribution in [-0.4, -0.2) is 42.8 Å². The number of aliphatic hydroxyl groups is 4. The van der Waals surface area contributed by atoms with Crippen LogP contribution in [0.5, 0.6) is 0 Å². The second-order valence-corrected chi connectivity index (χ2v) is 15.7. The van der Waals surface area contributed by atoms with Crippen LogP contribution in [0.3, 0.4) is 0 Å². The summed E-state index contributed by atoms with van der Waals surface area (Å²) >= 11 is 0. The fourth-order valence-electron chi connectivity index (χ4n) is 9.29. The highest BCUT2D eigenvalue weighted by Gasteiger charge is 2.56. The van der Waals surface area contributed by atoms with Crippen LogP contribution in [0.15, 0.2) is 194 Å². The molecule has 4 aliphatic carbocycles. The van der Waals surface area contributed by atoms with E-state index >= 15 is 0 Å². The lowest BCUT2D eigenvalue weighted by atomic mass is 9.58. The number of rotatable bonds is 10. The summed E-state index contributed by atoms with van der Waals surface area (Å²) in [5.74, 6) is -1.71. The molecule has 0 saturated carbocycles. The molecule has 0 radical (unpaired) electrons. The Morgan fingerprint density at radius 3 is 0.782 bits per heavy atom. The predicted molar refractivity (Wildman–Crippen MR) is 224 cm³/mol. The van der Waals surface area contributed by atoms with Gasteiger partial charge in [-0.1, -0.05) is 194 Å². The van der Waals surface area contributed by atoms with E-state index in [4.69, 9.17) is 0 Å². The summed E-state index contributed by atoms with van der Waals surface area (Å²) in [5, 5.41) is 52.6. The predicted octanol–water partition coefficient (Wildman–Crippen LogP) is 9.71. The Morgan fingerprint density at radius 1 is 0.345 bits per heavy atom. The lowest BCUT2D eigenvalue weighted by Gasteiger charge is -2.52. The first-order valence-corrected chi connectivity index (χ1v) is 19.3. The summed E-state index contributed by atoms with van der Waals surface area (Å²) in [6.45, 7) is 0. The maximum atomic E-state index is 13.1. The van der Waals surface area contributed by atoms with Gasteiger partial charge in [-0.25, -0.2) is 0 Å². The van der Waals surface area contributed by atoms with Crippen LogP contribution in [-0.2, 0) is 0 Å². The van der Waals surface area contributed by atoms with E-state index in [1.807, 2.05) is 170 Å². The van der Waals surface area contributed by atoms with Gasteiger partial charge in [-0.05, 0) is 51.0 Å². The zero-order chi connectivity index (χ0) is 37.9. The molecular weight excluding hydrogens is 677 g/mol. The standard InChI is InChI=1S/C51H48O4/c52-48(29-13-25-42(34-48)38-17-5-1-6-18-38)46(49(53)30-14-26-43(35-49)39-19-7-2-8-20-39)33-47(50(54)31-15-27-44(36-50)40-21-9-3-10-22-40)51(55)32-16-28-45(37-51)41-23-11-4-12-24-41/h1-32,46-47,52-55H,33-37H2. The van der Waals surface area contributed by atoms with E-state index in [1.54, 1.807) is 24.3 Å². The molecule has 4 aliphatic rings. The molecule has 8 rings (SSSR count). The molecule has 4 atom stereocenters. The maximum absolute atomic E-state index is 13.1. The molecule has 276 valence electrons. The van der Waals surface area contributed by atoms with Crippen molar-refractivity contribution in [3.63, 3.8) is 0 Å². The van der Waals surface area contributed by atoms with Crippen LogP contribution in [0.1, 0.15) is 54.4 Å². The molecule has 4 nitrogen and oxygen atoms in total. The summed E-state index contributed by atoms with van der Waals surface area (Å²) in [6.07, 6.45) is 23.9. The Kier molecular flexibility index (Phi) is 10.0. The first-order chi connectivity index (χ1) is 26.7. The third-order valence-corrected chi connectivity index (χ3v) is 12.1. The lowest BCUT2D eigenvalue weighted by molar-refractivity contribution is -0.129. The fourth-order valence-corrected chi connectivity index (χ4v) is 9.29. The second-order valence-electron chi connectivity index (χ2n) is 15.7. The molecule has 4 aromatic rings. The molecule has 0 fully saturated rings. The lowest BCUT2D eigenvalue weighted by Crippen LogP contribution is -2.58. The van der Waals surface area contributed by atoms with Crippen molar-refractivity contribution in [1.82, 2.24) is 0 Å². The summed E-state index contributed by atoms with van der Waals surface area (Å²) < 4.78 is 0. The van der Waals surface area contributed by atoms with Gasteiger partial charge in [0.25, 0.3) is 0 Å². The summed E-state index contributed by atoms with van der Waals surface area (Å²) in [6, 6.07) is 40.1. The van der Waals surface area contributed by atoms with E-state index in [0.717, 1.165) is 44.5 Å². The Hall–Kier alpha value is -5.36. The van der Waals surface area contributed by atoms with E-state index in [1.165, 1.54) is 0 Å². The van der Waals surface area contributed by atoms with Gasteiger partial charge in [0.15, 0.2) is 0 Å². The molecule has 0 heterocycles. The van der Waals surface area contributed by atoms with E-state index in [9.17, 15) is 20.4 Å². The van der Waals surface area contributed by atoms with Gasteiger partial charge in [-0.2, -0.15) is 0 Å². The van der Waals surface area contributed by atoms with E-state index < -0.39 is 34.2 Å². The molecule has 0 amide bonds. The maximum Gasteiger partial charge on any atom is 0.0930 e. The van der Waals surface area contributed by atoms with Gasteiger partial charge < -0.3 is 20.4 Å². The second kappa shape index (κ2) is 15.1. The van der Waals surface area contributed by atoms with Crippen LogP contribution in [0.4, 0.5) is 0 Å². The van der Waals surface area contributed by atoms with Gasteiger partial charge >= 0.3 is 0 Å². The van der Waals surface area contributed by atoms with Gasteiger partial charge in [-0.3, -0.25) is 0 Å². The van der Waals surface area contributed by atoms with Crippen LogP contribution >= 0.6 is 0 Å². The van der Waals surface area contributed by atoms with Gasteiger partial charge in [0.1, 0.15) is 0 Å². The highest BCUT2D eigenvalue weighted by molar-refractivity contribution is 5.73. The van der Waals surface area contributed by atoms with E-state index in [2.05, 4.69) is 0 Å². The van der Waals surface area contributed by atoms with Crippen molar-refractivity contribution in [1.29, 1.82) is 0 Å². The van der Waals surface area contributed by atoms with Crippen LogP contribution in [0.25, 0.3) is 22.3 Å². The quantitative estimate of drug-likeness (QED) is 0.131. The van der Waals surface area contributed by atoms with Crippen molar-refractivity contribution in [2.75, 3.05) is 0 Å². The average Bonchev–Trinajstić information content (AvgIpc) is 3.22. The van der Waals surface area contributed by atoms with Crippen molar-refractivity contribution < 1.29 is 20.4 Å². The monoisotopic (exact) mass is 724 g/mol. The Balaban J connectivity index is 1.24. The number of hydrogen-bond acceptors (Lipinski definition) is 4. The molecular formula is C51H48O4. The van der Waals surface area contributed by atoms with Gasteiger partial charge in [-0.15, -0.1) is 0 Å². The fraction of sp³-hybridized carbons (Fsp3) is 0.216. The first kappa shape index (κ1) is 36.6. The SMILES string of the molecule is OC1(C(CC(C2(O)C=CC=C(c3ccccc3)C2)C2(O)C=CC=C(c3ccccc3)C2)C2(O)C=CC=C(c3ccccc3)C2)C=CC=C(c2ccccc2)C1. The molecule has 0 aromatic heterocycles. The normalized spacial score (nSPS) is 28.4. The van der Waals surface area contributed by atoms with Crippen molar-refractivity contribution in [2.24, 2.45) is 11.8 Å². The molecule has 0 spiro atoms. The Bertz CT molecular complexity index is 1920. The zero-order valence-electron chi connectivity index (χ0n) is 31.0. The van der Waals surface area contributed by atoms with Crippen molar-refractivity contribution in [3.05, 3.63) is 216 Å². The van der Waals surface area contributed by atoms with Crippen molar-refractivity contribution >= 4 is 22.3 Å². The highest BCUT2D eigenvalue weighted by atomic mass is 16.3. The first-order valence-electron chi connectivity index (χ1n) is 19.3. The number of benzene rings is 4. The largest absolute Gasteiger partial charge is 0.385 e. The minimum atomic E-state index is -1.55. The number of hydrogen-bond donors (Lipinski definition) is 4. The van der Waals surface area contributed by atoms with E-state index in [0.29, 0.717) is 0 Å². The Labute approximate surface area is 324 Å². The van der Waals surface area contributed by atoms with Crippen LogP contribution < -0.4 is 0 Å². The Morgan fingerprint density at radius 2 is 0.564 bits per heavy atom. The summed E-state index contributed by atoms with van der Waals surface area (Å²) in [4.78, 5) is 0. The molecule has 0 bridgehead atoms. The van der Waals surface area contributed by atoms with Crippen LogP contribution in [0, 0.1) is 11.8 Å². The minimum Gasteiger partial charge on any atom is -0.385 e. The van der Waals surface area contributed by atoms with Gasteiger partial charge in [0.05, 0.1) is 22.4 Å². The third kappa shape index (κ3) is 7.52. The molecule has 0 aliphatic heterocycles. The molecule has 0 saturated heterocycles. The zero-order valence-corrected chi connectivity index (χ0v) is 31.0. The topological polar surface area (TPSA) is 80.9 Å². The molecule has 4 heteroatoms.